The molecular weight excluding hydrogens is 268 g/mol. The highest BCUT2D eigenvalue weighted by atomic mass is 32.2. The first kappa shape index (κ1) is 14.0. The topological polar surface area (TPSA) is 86.7 Å². The van der Waals surface area contributed by atoms with Gasteiger partial charge in [0.05, 0.1) is 0 Å². The van der Waals surface area contributed by atoms with Gasteiger partial charge in [-0.1, -0.05) is 24.3 Å². The maximum Gasteiger partial charge on any atom is 0.321 e. The van der Waals surface area contributed by atoms with Crippen molar-refractivity contribution >= 4 is 16.2 Å². The third kappa shape index (κ3) is 3.12. The van der Waals surface area contributed by atoms with Crippen LogP contribution < -0.4 is 4.72 Å². The fraction of sp³-hybridized carbons (Fsp3) is 0.417. The van der Waals surface area contributed by atoms with Crippen LogP contribution in [-0.2, 0) is 28.0 Å². The molecule has 1 aliphatic rings. The summed E-state index contributed by atoms with van der Waals surface area (Å²) in [5.41, 5.74) is 2.10. The van der Waals surface area contributed by atoms with Gasteiger partial charge in [0, 0.05) is 13.1 Å². The molecule has 1 aliphatic heterocycles. The molecule has 0 fully saturated rings. The second-order valence-electron chi connectivity index (χ2n) is 4.54. The minimum absolute atomic E-state index is 0.276. The van der Waals surface area contributed by atoms with Crippen LogP contribution >= 0.6 is 0 Å². The van der Waals surface area contributed by atoms with E-state index >= 15 is 0 Å². The monoisotopic (exact) mass is 284 g/mol. The minimum Gasteiger partial charge on any atom is -0.480 e. The predicted molar refractivity (Wildman–Crippen MR) is 69.7 cm³/mol. The minimum atomic E-state index is -3.77. The normalized spacial score (nSPS) is 17.7. The number of carboxylic acids is 1. The average molecular weight is 284 g/mol. The number of hydrogen-bond acceptors (Lipinski definition) is 3. The van der Waals surface area contributed by atoms with Gasteiger partial charge in [0.1, 0.15) is 6.04 Å². The molecule has 2 N–H and O–H groups in total. The first-order chi connectivity index (χ1) is 8.90. The molecule has 1 heterocycles. The van der Waals surface area contributed by atoms with Gasteiger partial charge in [0.15, 0.2) is 0 Å². The number of carbonyl (C=O) groups is 1. The van der Waals surface area contributed by atoms with E-state index in [0.717, 1.165) is 11.1 Å². The number of benzene rings is 1. The fourth-order valence-electron chi connectivity index (χ4n) is 2.02. The molecule has 19 heavy (non-hydrogen) atoms. The van der Waals surface area contributed by atoms with Gasteiger partial charge in [0.2, 0.25) is 0 Å². The lowest BCUT2D eigenvalue weighted by Gasteiger charge is -2.28. The third-order valence-electron chi connectivity index (χ3n) is 3.13. The number of rotatable bonds is 4. The molecule has 0 radical (unpaired) electrons. The lowest BCUT2D eigenvalue weighted by molar-refractivity contribution is -0.138. The number of nitrogens with zero attached hydrogens (tertiary/aromatic N) is 1. The summed E-state index contributed by atoms with van der Waals surface area (Å²) in [6.07, 6.45) is 0.637. The van der Waals surface area contributed by atoms with Gasteiger partial charge in [-0.25, -0.2) is 0 Å². The molecule has 6 nitrogen and oxygen atoms in total. The highest BCUT2D eigenvalue weighted by Gasteiger charge is 2.29. The molecule has 0 aromatic heterocycles. The molecule has 0 bridgehead atoms. The highest BCUT2D eigenvalue weighted by molar-refractivity contribution is 7.87. The van der Waals surface area contributed by atoms with Crippen LogP contribution in [0.1, 0.15) is 18.1 Å². The van der Waals surface area contributed by atoms with E-state index in [9.17, 15) is 13.2 Å². The van der Waals surface area contributed by atoms with E-state index < -0.39 is 22.2 Å². The Kier molecular flexibility index (Phi) is 3.88. The summed E-state index contributed by atoms with van der Waals surface area (Å²) in [6, 6.07) is 6.52. The van der Waals surface area contributed by atoms with Gasteiger partial charge in [-0.05, 0) is 24.5 Å². The van der Waals surface area contributed by atoms with Crippen molar-refractivity contribution in [1.82, 2.24) is 9.03 Å². The zero-order chi connectivity index (χ0) is 14.0. The van der Waals surface area contributed by atoms with E-state index in [2.05, 4.69) is 4.72 Å². The van der Waals surface area contributed by atoms with Crippen molar-refractivity contribution in [3.05, 3.63) is 35.4 Å². The van der Waals surface area contributed by atoms with Crippen molar-refractivity contribution in [1.29, 1.82) is 0 Å². The van der Waals surface area contributed by atoms with Gasteiger partial charge in [-0.3, -0.25) is 4.79 Å². The summed E-state index contributed by atoms with van der Waals surface area (Å²) in [5, 5.41) is 8.76. The predicted octanol–water partition coefficient (Wildman–Crippen LogP) is 0.352. The molecule has 1 aromatic rings. The lowest BCUT2D eigenvalue weighted by Crippen LogP contribution is -2.48. The third-order valence-corrected chi connectivity index (χ3v) is 4.77. The molecule has 0 unspecified atom stereocenters. The van der Waals surface area contributed by atoms with Crippen molar-refractivity contribution in [2.45, 2.75) is 25.9 Å². The summed E-state index contributed by atoms with van der Waals surface area (Å²) in [7, 11) is -3.77. The molecule has 1 aromatic carbocycles. The number of nitrogens with one attached hydrogen (secondary N) is 1. The summed E-state index contributed by atoms with van der Waals surface area (Å²) in [5.74, 6) is -1.19. The van der Waals surface area contributed by atoms with Crippen molar-refractivity contribution in [2.24, 2.45) is 0 Å². The van der Waals surface area contributed by atoms with Crippen LogP contribution in [0.3, 0.4) is 0 Å². The SMILES string of the molecule is C[C@@H](NS(=O)(=O)N1CCc2ccccc2C1)C(=O)O. The average Bonchev–Trinajstić information content (AvgIpc) is 2.37. The zero-order valence-electron chi connectivity index (χ0n) is 10.5. The van der Waals surface area contributed by atoms with Crippen molar-refractivity contribution in [2.75, 3.05) is 6.54 Å². The summed E-state index contributed by atoms with van der Waals surface area (Å²) >= 11 is 0. The Hall–Kier alpha value is -1.44. The van der Waals surface area contributed by atoms with Crippen LogP contribution in [-0.4, -0.2) is 36.4 Å². The van der Waals surface area contributed by atoms with E-state index in [1.54, 1.807) is 0 Å². The van der Waals surface area contributed by atoms with Gasteiger partial charge in [-0.2, -0.15) is 17.4 Å². The van der Waals surface area contributed by atoms with Crippen LogP contribution in [0.2, 0.25) is 0 Å². The first-order valence-corrected chi connectivity index (χ1v) is 7.41. The number of fused-ring (bicyclic) bond motifs is 1. The molecule has 0 spiro atoms. The van der Waals surface area contributed by atoms with Gasteiger partial charge in [0.25, 0.3) is 10.2 Å². The van der Waals surface area contributed by atoms with Crippen molar-refractivity contribution in [3.8, 4) is 0 Å². The summed E-state index contributed by atoms with van der Waals surface area (Å²) in [4.78, 5) is 10.7. The van der Waals surface area contributed by atoms with Gasteiger partial charge < -0.3 is 5.11 Å². The fourth-order valence-corrected chi connectivity index (χ4v) is 3.36. The Morgan fingerprint density at radius 3 is 2.63 bits per heavy atom. The van der Waals surface area contributed by atoms with Crippen molar-refractivity contribution in [3.63, 3.8) is 0 Å². The van der Waals surface area contributed by atoms with Crippen LogP contribution in [0.15, 0.2) is 24.3 Å². The molecule has 7 heteroatoms. The zero-order valence-corrected chi connectivity index (χ0v) is 11.4. The van der Waals surface area contributed by atoms with Crippen LogP contribution in [0.5, 0.6) is 0 Å². The standard InChI is InChI=1S/C12H16N2O4S/c1-9(12(15)16)13-19(17,18)14-7-6-10-4-2-3-5-11(10)8-14/h2-5,9,13H,6-8H2,1H3,(H,15,16)/t9-/m1/s1. The second kappa shape index (κ2) is 5.28. The lowest BCUT2D eigenvalue weighted by atomic mass is 10.0. The molecule has 2 rings (SSSR count). The maximum atomic E-state index is 12.1. The summed E-state index contributed by atoms with van der Waals surface area (Å²) < 4.78 is 27.6. The number of aliphatic carboxylic acids is 1. The smallest absolute Gasteiger partial charge is 0.321 e. The molecule has 0 aliphatic carbocycles. The number of carboxylic acid groups (broad SMARTS) is 1. The molecule has 104 valence electrons. The van der Waals surface area contributed by atoms with E-state index in [-0.39, 0.29) is 6.54 Å². The first-order valence-electron chi connectivity index (χ1n) is 5.97. The van der Waals surface area contributed by atoms with E-state index in [1.165, 1.54) is 11.2 Å². The Morgan fingerprint density at radius 1 is 1.37 bits per heavy atom. The quantitative estimate of drug-likeness (QED) is 0.835. The molecular formula is C12H16N2O4S. The van der Waals surface area contributed by atoms with Crippen LogP contribution in [0.25, 0.3) is 0 Å². The Morgan fingerprint density at radius 2 is 2.00 bits per heavy atom. The largest absolute Gasteiger partial charge is 0.480 e. The van der Waals surface area contributed by atoms with E-state index in [0.29, 0.717) is 13.0 Å². The molecule has 0 saturated heterocycles. The maximum absolute atomic E-state index is 12.1. The number of hydrogen-bond donors (Lipinski definition) is 2. The summed E-state index contributed by atoms with van der Waals surface area (Å²) in [6.45, 7) is 1.94. The molecule has 0 amide bonds. The Balaban J connectivity index is 2.14. The van der Waals surface area contributed by atoms with E-state index in [1.807, 2.05) is 24.3 Å². The molecule has 1 atom stereocenters. The Labute approximate surface area is 112 Å². The van der Waals surface area contributed by atoms with Crippen molar-refractivity contribution < 1.29 is 18.3 Å². The van der Waals surface area contributed by atoms with Crippen LogP contribution in [0, 0.1) is 0 Å². The molecule has 0 saturated carbocycles. The van der Waals surface area contributed by atoms with Gasteiger partial charge in [-0.15, -0.1) is 0 Å². The van der Waals surface area contributed by atoms with Crippen LogP contribution in [0.4, 0.5) is 0 Å². The van der Waals surface area contributed by atoms with E-state index in [4.69, 9.17) is 5.11 Å². The highest BCUT2D eigenvalue weighted by Crippen LogP contribution is 2.20. The Bertz CT molecular complexity index is 585. The second-order valence-corrected chi connectivity index (χ2v) is 6.24. The van der Waals surface area contributed by atoms with Gasteiger partial charge >= 0.3 is 5.97 Å².